The quantitative estimate of drug-likeness (QED) is 0.588. The first-order chi connectivity index (χ1) is 8.60. The summed E-state index contributed by atoms with van der Waals surface area (Å²) in [6.45, 7) is 7.84. The van der Waals surface area contributed by atoms with Crippen LogP contribution >= 0.6 is 21.6 Å². The van der Waals surface area contributed by atoms with Crippen molar-refractivity contribution in [3.8, 4) is 0 Å². The Morgan fingerprint density at radius 3 is 1.44 bits per heavy atom. The van der Waals surface area contributed by atoms with Gasteiger partial charge in [0, 0.05) is 11.5 Å². The van der Waals surface area contributed by atoms with Crippen molar-refractivity contribution in [3.05, 3.63) is 20.6 Å². The predicted molar refractivity (Wildman–Crippen MR) is 89.3 cm³/mol. The second-order valence-electron chi connectivity index (χ2n) is 3.48. The molecule has 0 amide bonds. The van der Waals surface area contributed by atoms with Gasteiger partial charge < -0.3 is 0 Å². The molecule has 0 radical (unpaired) electrons. The molecule has 0 aromatic carbocycles. The first kappa shape index (κ1) is 18.5. The summed E-state index contributed by atoms with van der Waals surface area (Å²) >= 11 is 0. The molecule has 0 rings (SSSR count). The van der Waals surface area contributed by atoms with Gasteiger partial charge in [0.15, 0.2) is 0 Å². The lowest BCUT2D eigenvalue weighted by Crippen LogP contribution is -1.98. The van der Waals surface area contributed by atoms with Crippen molar-refractivity contribution in [2.45, 2.75) is 40.5 Å². The van der Waals surface area contributed by atoms with Gasteiger partial charge in [-0.15, -0.1) is 0 Å². The molecule has 6 heteroatoms. The van der Waals surface area contributed by atoms with Gasteiger partial charge in [-0.3, -0.25) is 8.42 Å². The number of rotatable bonds is 9. The van der Waals surface area contributed by atoms with Crippen LogP contribution in [0.1, 0.15) is 40.5 Å². The SMILES string of the molecule is CC=C(SSC(=CC)S(=O)CCC)S(=O)CCC. The normalized spacial score (nSPS) is 16.7. The lowest BCUT2D eigenvalue weighted by atomic mass is 10.6. The first-order valence-corrected chi connectivity index (χ1v) is 10.8. The van der Waals surface area contributed by atoms with Gasteiger partial charge in [-0.2, -0.15) is 0 Å². The van der Waals surface area contributed by atoms with Crippen LogP contribution < -0.4 is 0 Å². The van der Waals surface area contributed by atoms with Crippen LogP contribution in [0.25, 0.3) is 0 Å². The van der Waals surface area contributed by atoms with Crippen LogP contribution in [0.4, 0.5) is 0 Å². The van der Waals surface area contributed by atoms with E-state index in [4.69, 9.17) is 0 Å². The summed E-state index contributed by atoms with van der Waals surface area (Å²) in [5, 5.41) is 0. The molecule has 0 spiro atoms. The Hall–Kier alpha value is 0.480. The van der Waals surface area contributed by atoms with E-state index in [1.54, 1.807) is 0 Å². The van der Waals surface area contributed by atoms with Crippen molar-refractivity contribution >= 4 is 43.2 Å². The van der Waals surface area contributed by atoms with Gasteiger partial charge in [0.1, 0.15) is 0 Å². The highest BCUT2D eigenvalue weighted by molar-refractivity contribution is 8.82. The molecule has 0 N–H and O–H groups in total. The predicted octanol–water partition coefficient (Wildman–Crippen LogP) is 4.41. The minimum atomic E-state index is -0.916. The average Bonchev–Trinajstić information content (AvgIpc) is 2.35. The van der Waals surface area contributed by atoms with E-state index in [0.29, 0.717) is 11.5 Å². The summed E-state index contributed by atoms with van der Waals surface area (Å²) in [4.78, 5) is 0. The van der Waals surface area contributed by atoms with Crippen LogP contribution in [-0.2, 0) is 21.6 Å². The van der Waals surface area contributed by atoms with Crippen molar-refractivity contribution in [1.82, 2.24) is 0 Å². The third-order valence-electron chi connectivity index (χ3n) is 1.91. The fourth-order valence-electron chi connectivity index (χ4n) is 1.09. The molecular weight excluding hydrogens is 304 g/mol. The van der Waals surface area contributed by atoms with Gasteiger partial charge in [0.25, 0.3) is 0 Å². The van der Waals surface area contributed by atoms with Gasteiger partial charge in [0.05, 0.1) is 30.1 Å². The molecule has 0 bridgehead atoms. The molecule has 0 aromatic rings. The van der Waals surface area contributed by atoms with Crippen molar-refractivity contribution in [2.24, 2.45) is 0 Å². The Morgan fingerprint density at radius 2 is 1.22 bits per heavy atom. The van der Waals surface area contributed by atoms with Gasteiger partial charge in [-0.05, 0) is 48.3 Å². The fourth-order valence-corrected chi connectivity index (χ4v) is 7.27. The van der Waals surface area contributed by atoms with E-state index in [0.717, 1.165) is 21.3 Å². The second kappa shape index (κ2) is 11.3. The Kier molecular flexibility index (Phi) is 11.6. The molecule has 0 saturated carbocycles. The van der Waals surface area contributed by atoms with E-state index in [1.165, 1.54) is 21.6 Å². The molecule has 106 valence electrons. The fraction of sp³-hybridized carbons (Fsp3) is 0.667. The van der Waals surface area contributed by atoms with Gasteiger partial charge in [-0.25, -0.2) is 0 Å². The molecule has 2 nitrogen and oxygen atoms in total. The van der Waals surface area contributed by atoms with Crippen LogP contribution in [0.3, 0.4) is 0 Å². The third kappa shape index (κ3) is 7.16. The zero-order valence-electron chi connectivity index (χ0n) is 11.4. The molecule has 0 heterocycles. The van der Waals surface area contributed by atoms with Crippen LogP contribution in [0.2, 0.25) is 0 Å². The zero-order valence-corrected chi connectivity index (χ0v) is 14.7. The Labute approximate surface area is 124 Å². The minimum absolute atomic E-state index is 0.691. The van der Waals surface area contributed by atoms with Crippen molar-refractivity contribution in [1.29, 1.82) is 0 Å². The summed E-state index contributed by atoms with van der Waals surface area (Å²) in [5.41, 5.74) is 0. The average molecular weight is 327 g/mol. The number of hydrogen-bond donors (Lipinski definition) is 0. The standard InChI is InChI=1S/C12H22O2S4/c1-5-9-17(13)11(7-3)15-16-12(8-4)18(14)10-6-2/h7-8H,5-6,9-10H2,1-4H3. The Bertz CT molecular complexity index is 314. The highest BCUT2D eigenvalue weighted by atomic mass is 33.1. The summed E-state index contributed by atoms with van der Waals surface area (Å²) < 4.78 is 25.5. The van der Waals surface area contributed by atoms with E-state index < -0.39 is 21.6 Å². The van der Waals surface area contributed by atoms with Crippen LogP contribution in [0, 0.1) is 0 Å². The number of allylic oxidation sites excluding steroid dienone is 2. The largest absolute Gasteiger partial charge is 0.254 e. The molecule has 0 aliphatic rings. The van der Waals surface area contributed by atoms with E-state index in [9.17, 15) is 8.42 Å². The van der Waals surface area contributed by atoms with Crippen LogP contribution in [-0.4, -0.2) is 19.9 Å². The summed E-state index contributed by atoms with van der Waals surface area (Å²) in [6.07, 6.45) is 5.60. The molecule has 2 unspecified atom stereocenters. The van der Waals surface area contributed by atoms with Crippen molar-refractivity contribution < 1.29 is 8.42 Å². The van der Waals surface area contributed by atoms with Gasteiger partial charge in [0.2, 0.25) is 0 Å². The number of hydrogen-bond acceptors (Lipinski definition) is 4. The van der Waals surface area contributed by atoms with Gasteiger partial charge >= 0.3 is 0 Å². The smallest absolute Gasteiger partial charge is 0.0785 e. The second-order valence-corrected chi connectivity index (χ2v) is 9.29. The van der Waals surface area contributed by atoms with Crippen molar-refractivity contribution in [3.63, 3.8) is 0 Å². The molecule has 0 fully saturated rings. The Balaban J connectivity index is 4.44. The molecule has 0 aliphatic carbocycles. The monoisotopic (exact) mass is 326 g/mol. The van der Waals surface area contributed by atoms with E-state index in [1.807, 2.05) is 39.8 Å². The zero-order chi connectivity index (χ0) is 14.0. The van der Waals surface area contributed by atoms with Crippen LogP contribution in [0.5, 0.6) is 0 Å². The minimum Gasteiger partial charge on any atom is -0.254 e. The maximum Gasteiger partial charge on any atom is 0.0785 e. The molecule has 0 aromatic heterocycles. The summed E-state index contributed by atoms with van der Waals surface area (Å²) in [7, 11) is 1.11. The lowest BCUT2D eigenvalue weighted by Gasteiger charge is -2.07. The molecule has 0 aliphatic heterocycles. The highest BCUT2D eigenvalue weighted by Gasteiger charge is 2.12. The maximum absolute atomic E-state index is 11.9. The van der Waals surface area contributed by atoms with Crippen LogP contribution in [0.15, 0.2) is 20.6 Å². The van der Waals surface area contributed by atoms with E-state index >= 15 is 0 Å². The van der Waals surface area contributed by atoms with E-state index in [-0.39, 0.29) is 0 Å². The highest BCUT2D eigenvalue weighted by Crippen LogP contribution is 2.39. The van der Waals surface area contributed by atoms with Crippen molar-refractivity contribution in [2.75, 3.05) is 11.5 Å². The summed E-state index contributed by atoms with van der Waals surface area (Å²) in [6, 6.07) is 0. The van der Waals surface area contributed by atoms with E-state index in [2.05, 4.69) is 0 Å². The molecule has 2 atom stereocenters. The maximum atomic E-state index is 11.9. The topological polar surface area (TPSA) is 34.1 Å². The first-order valence-electron chi connectivity index (χ1n) is 6.04. The van der Waals surface area contributed by atoms with Gasteiger partial charge in [-0.1, -0.05) is 26.0 Å². The summed E-state index contributed by atoms with van der Waals surface area (Å²) in [5.74, 6) is 1.38. The molecule has 18 heavy (non-hydrogen) atoms. The third-order valence-corrected chi connectivity index (χ3v) is 9.29. The Morgan fingerprint density at radius 1 is 0.889 bits per heavy atom. The molecule has 0 saturated heterocycles. The lowest BCUT2D eigenvalue weighted by molar-refractivity contribution is 0.686. The molecular formula is C12H22O2S4.